The molecule has 2 aromatic carbocycles. The van der Waals surface area contributed by atoms with E-state index in [2.05, 4.69) is 44.3 Å². The van der Waals surface area contributed by atoms with E-state index in [4.69, 9.17) is 9.47 Å². The lowest BCUT2D eigenvalue weighted by molar-refractivity contribution is -0.0382. The molecule has 0 amide bonds. The molecule has 1 saturated heterocycles. The number of methoxy groups -OCH3 is 1. The fourth-order valence-corrected chi connectivity index (χ4v) is 4.42. The largest absolute Gasteiger partial charge is 0.504 e. The van der Waals surface area contributed by atoms with Crippen molar-refractivity contribution in [3.05, 3.63) is 47.0 Å². The molecule has 0 saturated carbocycles. The molecule has 2 aromatic rings. The van der Waals surface area contributed by atoms with Gasteiger partial charge in [-0.2, -0.15) is 0 Å². The molecule has 0 radical (unpaired) electrons. The zero-order valence-corrected chi connectivity index (χ0v) is 17.0. The molecule has 3 N–H and O–H groups in total. The number of phenolic OH excluding ortho intramolecular Hbond substituents is 2. The summed E-state index contributed by atoms with van der Waals surface area (Å²) in [4.78, 5) is 0. The normalized spacial score (nSPS) is 24.1. The van der Waals surface area contributed by atoms with Crippen molar-refractivity contribution in [1.29, 1.82) is 0 Å². The van der Waals surface area contributed by atoms with Crippen LogP contribution in [0.25, 0.3) is 0 Å². The number of phenols is 2. The average Bonchev–Trinajstić information content (AvgIpc) is 2.68. The van der Waals surface area contributed by atoms with Gasteiger partial charge in [-0.3, -0.25) is 0 Å². The summed E-state index contributed by atoms with van der Waals surface area (Å²) in [6.45, 7) is 7.42. The van der Waals surface area contributed by atoms with Gasteiger partial charge in [0.15, 0.2) is 11.5 Å². The first-order valence-electron chi connectivity index (χ1n) is 9.92. The van der Waals surface area contributed by atoms with E-state index in [0.717, 1.165) is 30.7 Å². The number of benzene rings is 2. The molecule has 0 bridgehead atoms. The van der Waals surface area contributed by atoms with Crippen molar-refractivity contribution in [2.24, 2.45) is 5.92 Å². The zero-order chi connectivity index (χ0) is 20.1. The Kier molecular flexibility index (Phi) is 4.66. The number of fused-ring (bicyclic) bond motifs is 3. The Morgan fingerprint density at radius 3 is 2.64 bits per heavy atom. The third-order valence-corrected chi connectivity index (χ3v) is 5.99. The van der Waals surface area contributed by atoms with Crippen LogP contribution in [0.1, 0.15) is 62.4 Å². The fourth-order valence-electron chi connectivity index (χ4n) is 4.42. The highest BCUT2D eigenvalue weighted by atomic mass is 16.5. The predicted molar refractivity (Wildman–Crippen MR) is 109 cm³/mol. The number of hydrogen-bond acceptors (Lipinski definition) is 5. The fraction of sp³-hybridized carbons (Fsp3) is 0.478. The third-order valence-electron chi connectivity index (χ3n) is 5.99. The first-order chi connectivity index (χ1) is 13.3. The van der Waals surface area contributed by atoms with Gasteiger partial charge >= 0.3 is 0 Å². The van der Waals surface area contributed by atoms with Crippen molar-refractivity contribution >= 4 is 5.69 Å². The third kappa shape index (κ3) is 3.18. The minimum Gasteiger partial charge on any atom is -0.504 e. The van der Waals surface area contributed by atoms with E-state index in [1.54, 1.807) is 12.1 Å². The maximum Gasteiger partial charge on any atom is 0.200 e. The summed E-state index contributed by atoms with van der Waals surface area (Å²) in [5, 5.41) is 23.8. The maximum absolute atomic E-state index is 10.2. The molecule has 5 heteroatoms. The van der Waals surface area contributed by atoms with Gasteiger partial charge in [-0.1, -0.05) is 32.9 Å². The summed E-state index contributed by atoms with van der Waals surface area (Å²) < 4.78 is 11.5. The molecule has 5 nitrogen and oxygen atoms in total. The molecule has 2 aliphatic heterocycles. The molecule has 0 aliphatic carbocycles. The second kappa shape index (κ2) is 6.89. The van der Waals surface area contributed by atoms with E-state index in [9.17, 15) is 10.2 Å². The molecule has 0 spiro atoms. The quantitative estimate of drug-likeness (QED) is 0.634. The lowest BCUT2D eigenvalue weighted by atomic mass is 9.75. The van der Waals surface area contributed by atoms with Gasteiger partial charge in [0.25, 0.3) is 0 Å². The standard InChI is InChI=1S/C23H29NO4/c1-23(2,3)14-7-8-17-16(12-14)22-15(6-5-9-28-22)20(24-17)13-10-18(25)21(26)19(11-13)27-4/h7-8,10-12,15,20,22,24-26H,5-6,9H2,1-4H3/t15-,20-,22?/m0/s1. The van der Waals surface area contributed by atoms with Gasteiger partial charge in [0.2, 0.25) is 5.75 Å². The van der Waals surface area contributed by atoms with Gasteiger partial charge < -0.3 is 25.0 Å². The molecule has 4 rings (SSSR count). The predicted octanol–water partition coefficient (Wildman–Crippen LogP) is 5.04. The van der Waals surface area contributed by atoms with Gasteiger partial charge in [-0.15, -0.1) is 0 Å². The van der Waals surface area contributed by atoms with Crippen molar-refractivity contribution < 1.29 is 19.7 Å². The number of anilines is 1. The van der Waals surface area contributed by atoms with Crippen LogP contribution in [-0.2, 0) is 10.2 Å². The van der Waals surface area contributed by atoms with Gasteiger partial charge in [0.1, 0.15) is 0 Å². The maximum atomic E-state index is 10.2. The van der Waals surface area contributed by atoms with Crippen LogP contribution in [0.3, 0.4) is 0 Å². The van der Waals surface area contributed by atoms with Crippen LogP contribution in [0.5, 0.6) is 17.2 Å². The molecule has 3 atom stereocenters. The molecule has 1 unspecified atom stereocenters. The Hall–Kier alpha value is -2.40. The molecule has 28 heavy (non-hydrogen) atoms. The lowest BCUT2D eigenvalue weighted by Crippen LogP contribution is -2.36. The van der Waals surface area contributed by atoms with Gasteiger partial charge in [0, 0.05) is 23.8 Å². The minimum absolute atomic E-state index is 0.0132. The molecule has 0 aromatic heterocycles. The molecular formula is C23H29NO4. The van der Waals surface area contributed by atoms with E-state index >= 15 is 0 Å². The first kappa shape index (κ1) is 18.9. The lowest BCUT2D eigenvalue weighted by Gasteiger charge is -2.44. The van der Waals surface area contributed by atoms with E-state index in [-0.39, 0.29) is 40.7 Å². The highest BCUT2D eigenvalue weighted by molar-refractivity contribution is 5.61. The average molecular weight is 383 g/mol. The SMILES string of the molecule is COc1cc([C@@H]2Nc3ccc(C(C)(C)C)cc3C3OCCC[C@H]32)cc(O)c1O. The molecule has 2 aliphatic rings. The summed E-state index contributed by atoms with van der Waals surface area (Å²) in [6, 6.07) is 9.97. The minimum atomic E-state index is -0.228. The number of hydrogen-bond donors (Lipinski definition) is 3. The Labute approximate surface area is 166 Å². The van der Waals surface area contributed by atoms with Crippen LogP contribution < -0.4 is 10.1 Å². The molecule has 2 heterocycles. The van der Waals surface area contributed by atoms with Crippen LogP contribution in [0.4, 0.5) is 5.69 Å². The van der Waals surface area contributed by atoms with Crippen LogP contribution >= 0.6 is 0 Å². The highest BCUT2D eigenvalue weighted by Gasteiger charge is 2.40. The van der Waals surface area contributed by atoms with Crippen molar-refractivity contribution in [2.45, 2.75) is 51.2 Å². The summed E-state index contributed by atoms with van der Waals surface area (Å²) in [5.41, 5.74) is 4.53. The summed E-state index contributed by atoms with van der Waals surface area (Å²) >= 11 is 0. The molecule has 1 fully saturated rings. The van der Waals surface area contributed by atoms with Crippen LogP contribution in [-0.4, -0.2) is 23.9 Å². The van der Waals surface area contributed by atoms with Crippen molar-refractivity contribution in [1.82, 2.24) is 0 Å². The van der Waals surface area contributed by atoms with E-state index in [1.165, 1.54) is 18.2 Å². The Balaban J connectivity index is 1.79. The Morgan fingerprint density at radius 1 is 1.14 bits per heavy atom. The second-order valence-corrected chi connectivity index (χ2v) is 8.86. The van der Waals surface area contributed by atoms with Gasteiger partial charge in [-0.25, -0.2) is 0 Å². The molecule has 150 valence electrons. The number of aromatic hydroxyl groups is 2. The highest BCUT2D eigenvalue weighted by Crippen LogP contribution is 2.51. The topological polar surface area (TPSA) is 71.0 Å². The van der Waals surface area contributed by atoms with E-state index in [1.807, 2.05) is 0 Å². The van der Waals surface area contributed by atoms with Crippen LogP contribution in [0.15, 0.2) is 30.3 Å². The van der Waals surface area contributed by atoms with Crippen molar-refractivity contribution in [3.63, 3.8) is 0 Å². The van der Waals surface area contributed by atoms with Crippen molar-refractivity contribution in [3.8, 4) is 17.2 Å². The van der Waals surface area contributed by atoms with Crippen LogP contribution in [0.2, 0.25) is 0 Å². The second-order valence-electron chi connectivity index (χ2n) is 8.86. The summed E-state index contributed by atoms with van der Waals surface area (Å²) in [6.07, 6.45) is 2.06. The number of ether oxygens (including phenoxy) is 2. The molecular weight excluding hydrogens is 354 g/mol. The summed E-state index contributed by atoms with van der Waals surface area (Å²) in [5.74, 6) is 0.121. The zero-order valence-electron chi connectivity index (χ0n) is 17.0. The summed E-state index contributed by atoms with van der Waals surface area (Å²) in [7, 11) is 1.49. The van der Waals surface area contributed by atoms with E-state index < -0.39 is 0 Å². The van der Waals surface area contributed by atoms with Crippen LogP contribution in [0, 0.1) is 5.92 Å². The smallest absolute Gasteiger partial charge is 0.200 e. The first-order valence-corrected chi connectivity index (χ1v) is 9.92. The van der Waals surface area contributed by atoms with E-state index in [0.29, 0.717) is 0 Å². The van der Waals surface area contributed by atoms with Gasteiger partial charge in [-0.05, 0) is 47.6 Å². The van der Waals surface area contributed by atoms with Crippen molar-refractivity contribution in [2.75, 3.05) is 19.0 Å². The monoisotopic (exact) mass is 383 g/mol. The Morgan fingerprint density at radius 2 is 1.93 bits per heavy atom. The number of rotatable bonds is 2. The van der Waals surface area contributed by atoms with Gasteiger partial charge in [0.05, 0.1) is 19.3 Å². The number of nitrogens with one attached hydrogen (secondary N) is 1. The Bertz CT molecular complexity index is 887.